The van der Waals surface area contributed by atoms with Gasteiger partial charge in [0.25, 0.3) is 0 Å². The fourth-order valence-electron chi connectivity index (χ4n) is 4.19. The molecule has 4 heterocycles. The van der Waals surface area contributed by atoms with Crippen LogP contribution < -0.4 is 0 Å². The number of nitrogens with zero attached hydrogens (tertiary/aromatic N) is 4. The fourth-order valence-corrected chi connectivity index (χ4v) is 5.11. The van der Waals surface area contributed by atoms with Crippen LogP contribution in [0.25, 0.3) is 0 Å². The van der Waals surface area contributed by atoms with E-state index < -0.39 is 10.0 Å². The third-order valence-corrected chi connectivity index (χ3v) is 6.39. The van der Waals surface area contributed by atoms with Crippen LogP contribution >= 0.6 is 0 Å². The molecule has 8 nitrogen and oxygen atoms in total. The van der Waals surface area contributed by atoms with E-state index in [-0.39, 0.29) is 11.6 Å². The molecule has 9 heteroatoms. The van der Waals surface area contributed by atoms with Gasteiger partial charge in [-0.15, -0.1) is 0 Å². The number of sulfonamides is 1. The number of piperazine rings is 1. The van der Waals surface area contributed by atoms with Crippen molar-refractivity contribution in [3.63, 3.8) is 0 Å². The quantitative estimate of drug-likeness (QED) is 0.755. The molecule has 1 atom stereocenters. The summed E-state index contributed by atoms with van der Waals surface area (Å²) in [7, 11) is -3.17. The van der Waals surface area contributed by atoms with Crippen molar-refractivity contribution >= 4 is 10.0 Å². The van der Waals surface area contributed by atoms with Gasteiger partial charge in [0.05, 0.1) is 31.3 Å². The average Bonchev–Trinajstić information content (AvgIpc) is 2.97. The maximum absolute atomic E-state index is 12.1. The van der Waals surface area contributed by atoms with Gasteiger partial charge in [-0.3, -0.25) is 9.80 Å². The first kappa shape index (κ1) is 15.5. The van der Waals surface area contributed by atoms with Gasteiger partial charge in [-0.05, 0) is 0 Å². The second kappa shape index (κ2) is 5.52. The number of fused-ring (bicyclic) bond motifs is 2. The van der Waals surface area contributed by atoms with Crippen molar-refractivity contribution in [2.45, 2.75) is 18.1 Å². The third kappa shape index (κ3) is 2.80. The molecule has 0 bridgehead atoms. The first-order chi connectivity index (χ1) is 11.0. The van der Waals surface area contributed by atoms with Crippen molar-refractivity contribution in [2.75, 3.05) is 52.2 Å². The van der Waals surface area contributed by atoms with Crippen molar-refractivity contribution in [1.82, 2.24) is 24.1 Å². The van der Waals surface area contributed by atoms with Gasteiger partial charge in [-0.1, -0.05) is 0 Å². The smallest absolute Gasteiger partial charge is 0.211 e. The van der Waals surface area contributed by atoms with Crippen LogP contribution in [0.2, 0.25) is 0 Å². The minimum Gasteiger partial charge on any atom is -0.378 e. The summed E-state index contributed by atoms with van der Waals surface area (Å²) in [6.07, 6.45) is 4.84. The summed E-state index contributed by atoms with van der Waals surface area (Å²) >= 11 is 0. The van der Waals surface area contributed by atoms with Gasteiger partial charge in [-0.25, -0.2) is 13.4 Å². The second-order valence-electron chi connectivity index (χ2n) is 6.92. The number of nitrogens with one attached hydrogen (secondary N) is 1. The van der Waals surface area contributed by atoms with Crippen molar-refractivity contribution < 1.29 is 13.2 Å². The Morgan fingerprint density at radius 2 is 2.26 bits per heavy atom. The molecule has 1 unspecified atom stereocenters. The van der Waals surface area contributed by atoms with Crippen LogP contribution in [-0.4, -0.2) is 96.3 Å². The van der Waals surface area contributed by atoms with Crippen LogP contribution in [0.4, 0.5) is 0 Å². The van der Waals surface area contributed by atoms with E-state index in [2.05, 4.69) is 19.8 Å². The lowest BCUT2D eigenvalue weighted by atomic mass is 9.83. The zero-order valence-corrected chi connectivity index (χ0v) is 14.1. The number of imidazole rings is 1. The summed E-state index contributed by atoms with van der Waals surface area (Å²) in [5.41, 5.74) is 1.02. The molecule has 0 radical (unpaired) electrons. The molecular weight excluding hydrogens is 318 g/mol. The lowest BCUT2D eigenvalue weighted by Crippen LogP contribution is -2.80. The molecule has 3 fully saturated rings. The Hall–Kier alpha value is -1.00. The molecule has 3 saturated heterocycles. The van der Waals surface area contributed by atoms with E-state index in [1.165, 1.54) is 6.26 Å². The molecule has 3 aliphatic heterocycles. The minimum atomic E-state index is -3.17. The van der Waals surface area contributed by atoms with Crippen molar-refractivity contribution in [2.24, 2.45) is 0 Å². The van der Waals surface area contributed by atoms with Gasteiger partial charge in [0.1, 0.15) is 0 Å². The van der Waals surface area contributed by atoms with Crippen LogP contribution in [0.1, 0.15) is 5.69 Å². The number of hydrogen-bond donors (Lipinski definition) is 1. The summed E-state index contributed by atoms with van der Waals surface area (Å²) < 4.78 is 31.4. The number of hydrogen-bond acceptors (Lipinski definition) is 6. The Kier molecular flexibility index (Phi) is 3.73. The van der Waals surface area contributed by atoms with E-state index in [4.69, 9.17) is 4.74 Å². The van der Waals surface area contributed by atoms with E-state index in [1.807, 2.05) is 6.20 Å². The van der Waals surface area contributed by atoms with Gasteiger partial charge in [0.2, 0.25) is 10.0 Å². The summed E-state index contributed by atoms with van der Waals surface area (Å²) in [6.45, 7) is 5.97. The standard InChI is InChI=1S/C14H23N5O3S/c1-23(20,21)18-6-13-7-22-3-2-19(13)14(10-18)8-17(9-14)5-12-4-15-11-16-12/h4,11,13H,2-3,5-10H2,1H3,(H,15,16). The number of aromatic amines is 1. The van der Waals surface area contributed by atoms with Crippen LogP contribution in [0, 0.1) is 0 Å². The zero-order valence-electron chi connectivity index (χ0n) is 13.3. The van der Waals surface area contributed by atoms with Crippen molar-refractivity contribution in [1.29, 1.82) is 0 Å². The van der Waals surface area contributed by atoms with Crippen LogP contribution in [0.3, 0.4) is 0 Å². The van der Waals surface area contributed by atoms with Gasteiger partial charge < -0.3 is 9.72 Å². The molecule has 1 aromatic heterocycles. The summed E-state index contributed by atoms with van der Waals surface area (Å²) in [6, 6.07) is 0.168. The highest BCUT2D eigenvalue weighted by molar-refractivity contribution is 7.88. The van der Waals surface area contributed by atoms with Crippen molar-refractivity contribution in [3.05, 3.63) is 18.2 Å². The fraction of sp³-hybridized carbons (Fsp3) is 0.786. The number of aromatic nitrogens is 2. The first-order valence-corrected chi connectivity index (χ1v) is 9.80. The topological polar surface area (TPSA) is 81.8 Å². The third-order valence-electron chi connectivity index (χ3n) is 5.18. The van der Waals surface area contributed by atoms with Crippen LogP contribution in [0.5, 0.6) is 0 Å². The predicted octanol–water partition coefficient (Wildman–Crippen LogP) is -1.06. The Morgan fingerprint density at radius 1 is 1.43 bits per heavy atom. The summed E-state index contributed by atoms with van der Waals surface area (Å²) in [5, 5.41) is 0. The molecule has 0 amide bonds. The largest absolute Gasteiger partial charge is 0.378 e. The Morgan fingerprint density at radius 3 is 2.96 bits per heavy atom. The van der Waals surface area contributed by atoms with Gasteiger partial charge >= 0.3 is 0 Å². The Balaban J connectivity index is 1.51. The van der Waals surface area contributed by atoms with Gasteiger partial charge in [0, 0.05) is 57.2 Å². The first-order valence-electron chi connectivity index (χ1n) is 7.96. The number of morpholine rings is 1. The minimum absolute atomic E-state index is 0.0736. The zero-order chi connectivity index (χ0) is 16.1. The SMILES string of the molecule is CS(=O)(=O)N1CC2COCCN2C2(CN(Cc3cnc[nH]3)C2)C1. The molecule has 0 aliphatic carbocycles. The van der Waals surface area contributed by atoms with E-state index in [0.29, 0.717) is 19.7 Å². The summed E-state index contributed by atoms with van der Waals surface area (Å²) in [5.74, 6) is 0. The molecule has 4 rings (SSSR count). The molecule has 0 saturated carbocycles. The highest BCUT2D eigenvalue weighted by atomic mass is 32.2. The number of rotatable bonds is 3. The summed E-state index contributed by atoms with van der Waals surface area (Å²) in [4.78, 5) is 12.0. The monoisotopic (exact) mass is 341 g/mol. The maximum Gasteiger partial charge on any atom is 0.211 e. The molecular formula is C14H23N5O3S. The lowest BCUT2D eigenvalue weighted by Gasteiger charge is -2.63. The highest BCUT2D eigenvalue weighted by Crippen LogP contribution is 2.36. The van der Waals surface area contributed by atoms with Crippen LogP contribution in [0.15, 0.2) is 12.5 Å². The number of likely N-dealkylation sites (tertiary alicyclic amines) is 1. The van der Waals surface area contributed by atoms with Crippen molar-refractivity contribution in [3.8, 4) is 0 Å². The Labute approximate surface area is 136 Å². The van der Waals surface area contributed by atoms with Crippen LogP contribution in [-0.2, 0) is 21.3 Å². The van der Waals surface area contributed by atoms with E-state index in [1.54, 1.807) is 10.6 Å². The Bertz CT molecular complexity index is 656. The number of ether oxygens (including phenoxy) is 1. The normalized spacial score (nSPS) is 29.3. The highest BCUT2D eigenvalue weighted by Gasteiger charge is 2.55. The lowest BCUT2D eigenvalue weighted by molar-refractivity contribution is -0.154. The molecule has 3 aliphatic rings. The van der Waals surface area contributed by atoms with E-state index >= 15 is 0 Å². The molecule has 1 N–H and O–H groups in total. The number of H-pyrrole nitrogens is 1. The van der Waals surface area contributed by atoms with E-state index in [0.717, 1.165) is 38.5 Å². The molecule has 23 heavy (non-hydrogen) atoms. The average molecular weight is 341 g/mol. The van der Waals surface area contributed by atoms with Gasteiger partial charge in [-0.2, -0.15) is 4.31 Å². The molecule has 0 aromatic carbocycles. The predicted molar refractivity (Wildman–Crippen MR) is 84.3 cm³/mol. The van der Waals surface area contributed by atoms with Gasteiger partial charge in [0.15, 0.2) is 0 Å². The van der Waals surface area contributed by atoms with E-state index in [9.17, 15) is 8.42 Å². The second-order valence-corrected chi connectivity index (χ2v) is 8.91. The molecule has 1 aromatic rings. The molecule has 128 valence electrons. The molecule has 1 spiro atoms. The maximum atomic E-state index is 12.1.